The van der Waals surface area contributed by atoms with Crippen LogP contribution in [0.25, 0.3) is 11.3 Å². The van der Waals surface area contributed by atoms with Gasteiger partial charge >= 0.3 is 0 Å². The van der Waals surface area contributed by atoms with Gasteiger partial charge in [0.05, 0.1) is 22.9 Å². The van der Waals surface area contributed by atoms with Crippen LogP contribution in [0.5, 0.6) is 0 Å². The van der Waals surface area contributed by atoms with E-state index in [1.54, 1.807) is 11.3 Å². The normalized spacial score (nSPS) is 28.9. The molecule has 0 saturated carbocycles. The van der Waals surface area contributed by atoms with Crippen molar-refractivity contribution in [1.82, 2.24) is 4.98 Å². The highest BCUT2D eigenvalue weighted by Crippen LogP contribution is 2.45. The largest absolute Gasteiger partial charge is 0.398 e. The Hall–Kier alpha value is -1.39. The van der Waals surface area contributed by atoms with Gasteiger partial charge in [0, 0.05) is 22.5 Å². The number of para-hydroxylation sites is 1. The Morgan fingerprint density at radius 3 is 2.89 bits per heavy atom. The number of ether oxygens (including phenoxy) is 1. The summed E-state index contributed by atoms with van der Waals surface area (Å²) < 4.78 is 5.92. The average Bonchev–Trinajstić information content (AvgIpc) is 3.15. The minimum Gasteiger partial charge on any atom is -0.398 e. The molecule has 19 heavy (non-hydrogen) atoms. The van der Waals surface area contributed by atoms with Gasteiger partial charge in [-0.1, -0.05) is 18.2 Å². The van der Waals surface area contributed by atoms with E-state index in [2.05, 4.69) is 5.38 Å². The van der Waals surface area contributed by atoms with E-state index in [0.29, 0.717) is 18.1 Å². The lowest BCUT2D eigenvalue weighted by Crippen LogP contribution is -2.13. The van der Waals surface area contributed by atoms with Gasteiger partial charge in [0.1, 0.15) is 0 Å². The minimum atomic E-state index is 0.400. The van der Waals surface area contributed by atoms with Crippen molar-refractivity contribution < 1.29 is 4.74 Å². The van der Waals surface area contributed by atoms with Crippen molar-refractivity contribution in [2.75, 3.05) is 5.73 Å². The van der Waals surface area contributed by atoms with Gasteiger partial charge < -0.3 is 10.5 Å². The molecule has 0 spiro atoms. The molecule has 2 fully saturated rings. The monoisotopic (exact) mass is 272 g/mol. The summed E-state index contributed by atoms with van der Waals surface area (Å²) in [7, 11) is 0. The molecule has 4 rings (SSSR count). The summed E-state index contributed by atoms with van der Waals surface area (Å²) in [5.41, 5.74) is 8.85. The highest BCUT2D eigenvalue weighted by atomic mass is 32.1. The van der Waals surface area contributed by atoms with Gasteiger partial charge in [-0.05, 0) is 25.3 Å². The number of rotatable bonds is 2. The standard InChI is InChI=1S/C15H16N2OS/c16-12-4-2-1-3-10(12)13-8-19-15(17-13)11-7-9-5-6-14(11)18-9/h1-4,8-9,11,14H,5-7,16H2. The zero-order valence-corrected chi connectivity index (χ0v) is 11.4. The second kappa shape index (κ2) is 4.32. The predicted molar refractivity (Wildman–Crippen MR) is 77.2 cm³/mol. The summed E-state index contributed by atoms with van der Waals surface area (Å²) in [6.45, 7) is 0. The van der Waals surface area contributed by atoms with Crippen LogP contribution < -0.4 is 5.73 Å². The number of hydrogen-bond acceptors (Lipinski definition) is 4. The molecular formula is C15H16N2OS. The number of aromatic nitrogens is 1. The molecule has 3 atom stereocenters. The molecule has 1 aromatic carbocycles. The van der Waals surface area contributed by atoms with E-state index in [-0.39, 0.29) is 0 Å². The van der Waals surface area contributed by atoms with Crippen molar-refractivity contribution in [1.29, 1.82) is 0 Å². The number of nitrogens with two attached hydrogens (primary N) is 1. The first-order valence-corrected chi connectivity index (χ1v) is 7.65. The smallest absolute Gasteiger partial charge is 0.0990 e. The first kappa shape index (κ1) is 11.4. The van der Waals surface area contributed by atoms with E-state index in [1.807, 2.05) is 24.3 Å². The van der Waals surface area contributed by atoms with Gasteiger partial charge in [-0.25, -0.2) is 4.98 Å². The molecule has 3 heterocycles. The maximum atomic E-state index is 6.02. The van der Waals surface area contributed by atoms with E-state index in [1.165, 1.54) is 17.8 Å². The summed E-state index contributed by atoms with van der Waals surface area (Å²) >= 11 is 1.74. The predicted octanol–water partition coefficient (Wildman–Crippen LogP) is 3.43. The fraction of sp³-hybridized carbons (Fsp3) is 0.400. The molecule has 2 saturated heterocycles. The molecule has 0 amide bonds. The number of nitrogen functional groups attached to an aromatic ring is 1. The van der Waals surface area contributed by atoms with Gasteiger partial charge in [-0.3, -0.25) is 0 Å². The van der Waals surface area contributed by atoms with E-state index >= 15 is 0 Å². The Balaban J connectivity index is 1.65. The second-order valence-corrected chi connectivity index (χ2v) is 6.26. The lowest BCUT2D eigenvalue weighted by atomic mass is 9.90. The molecule has 1 aromatic heterocycles. The zero-order valence-electron chi connectivity index (χ0n) is 10.6. The van der Waals surface area contributed by atoms with E-state index in [4.69, 9.17) is 15.5 Å². The van der Waals surface area contributed by atoms with Gasteiger partial charge in [0.25, 0.3) is 0 Å². The minimum absolute atomic E-state index is 0.400. The SMILES string of the molecule is Nc1ccccc1-c1csc(C2CC3CCC2O3)n1. The third-order valence-corrected chi connectivity index (χ3v) is 5.16. The summed E-state index contributed by atoms with van der Waals surface area (Å²) in [4.78, 5) is 4.80. The number of thiazole rings is 1. The first-order valence-electron chi connectivity index (χ1n) is 6.77. The highest BCUT2D eigenvalue weighted by Gasteiger charge is 2.42. The summed E-state index contributed by atoms with van der Waals surface area (Å²) in [6, 6.07) is 7.92. The van der Waals surface area contributed by atoms with E-state index in [0.717, 1.165) is 23.4 Å². The van der Waals surface area contributed by atoms with Crippen molar-refractivity contribution in [3.8, 4) is 11.3 Å². The molecule has 3 unspecified atom stereocenters. The van der Waals surface area contributed by atoms with Crippen LogP contribution in [0.15, 0.2) is 29.6 Å². The molecule has 4 heteroatoms. The maximum Gasteiger partial charge on any atom is 0.0990 e. The summed E-state index contributed by atoms with van der Waals surface area (Å²) in [5, 5.41) is 3.33. The number of benzene rings is 1. The Morgan fingerprint density at radius 2 is 2.16 bits per heavy atom. The van der Waals surface area contributed by atoms with Crippen molar-refractivity contribution in [3.05, 3.63) is 34.7 Å². The number of anilines is 1. The Bertz CT molecular complexity index is 610. The molecule has 98 valence electrons. The van der Waals surface area contributed by atoms with Crippen molar-refractivity contribution in [3.63, 3.8) is 0 Å². The number of nitrogens with zero attached hydrogens (tertiary/aromatic N) is 1. The number of hydrogen-bond donors (Lipinski definition) is 1. The number of fused-ring (bicyclic) bond motifs is 2. The highest BCUT2D eigenvalue weighted by molar-refractivity contribution is 7.10. The second-order valence-electron chi connectivity index (χ2n) is 5.37. The van der Waals surface area contributed by atoms with Crippen LogP contribution in [0, 0.1) is 0 Å². The fourth-order valence-electron chi connectivity index (χ4n) is 3.21. The van der Waals surface area contributed by atoms with E-state index in [9.17, 15) is 0 Å². The van der Waals surface area contributed by atoms with Crippen molar-refractivity contribution in [2.45, 2.75) is 37.4 Å². The molecule has 2 aliphatic heterocycles. The van der Waals surface area contributed by atoms with Gasteiger partial charge in [-0.15, -0.1) is 11.3 Å². The summed E-state index contributed by atoms with van der Waals surface area (Å²) in [5.74, 6) is 0.502. The molecule has 0 aliphatic carbocycles. The van der Waals surface area contributed by atoms with Gasteiger partial charge in [0.15, 0.2) is 0 Å². The van der Waals surface area contributed by atoms with Gasteiger partial charge in [0.2, 0.25) is 0 Å². The van der Waals surface area contributed by atoms with Crippen LogP contribution in [-0.2, 0) is 4.74 Å². The van der Waals surface area contributed by atoms with Crippen molar-refractivity contribution in [2.24, 2.45) is 0 Å². The van der Waals surface area contributed by atoms with Crippen LogP contribution >= 0.6 is 11.3 Å². The Kier molecular flexibility index (Phi) is 2.60. The van der Waals surface area contributed by atoms with Crippen LogP contribution in [0.2, 0.25) is 0 Å². The van der Waals surface area contributed by atoms with Gasteiger partial charge in [-0.2, -0.15) is 0 Å². The van der Waals surface area contributed by atoms with Crippen LogP contribution in [0.1, 0.15) is 30.2 Å². The molecular weight excluding hydrogens is 256 g/mol. The first-order chi connectivity index (χ1) is 9.31. The summed E-state index contributed by atoms with van der Waals surface area (Å²) in [6.07, 6.45) is 4.44. The molecule has 3 nitrogen and oxygen atoms in total. The van der Waals surface area contributed by atoms with Crippen LogP contribution in [0.3, 0.4) is 0 Å². The Labute approximate surface area is 116 Å². The lowest BCUT2D eigenvalue weighted by Gasteiger charge is -2.15. The average molecular weight is 272 g/mol. The fourth-order valence-corrected chi connectivity index (χ4v) is 4.20. The topological polar surface area (TPSA) is 48.1 Å². The van der Waals surface area contributed by atoms with Crippen LogP contribution in [-0.4, -0.2) is 17.2 Å². The third kappa shape index (κ3) is 1.86. The third-order valence-electron chi connectivity index (χ3n) is 4.18. The molecule has 2 aromatic rings. The molecule has 2 N–H and O–H groups in total. The molecule has 0 radical (unpaired) electrons. The lowest BCUT2D eigenvalue weighted by molar-refractivity contribution is 0.101. The van der Waals surface area contributed by atoms with Crippen LogP contribution in [0.4, 0.5) is 5.69 Å². The zero-order chi connectivity index (χ0) is 12.8. The Morgan fingerprint density at radius 1 is 1.26 bits per heavy atom. The van der Waals surface area contributed by atoms with E-state index < -0.39 is 0 Å². The molecule has 2 aliphatic rings. The van der Waals surface area contributed by atoms with Crippen molar-refractivity contribution >= 4 is 17.0 Å². The molecule has 2 bridgehead atoms. The maximum absolute atomic E-state index is 6.02. The quantitative estimate of drug-likeness (QED) is 0.852.